The van der Waals surface area contributed by atoms with Crippen LogP contribution >= 0.6 is 11.6 Å². The van der Waals surface area contributed by atoms with Crippen molar-refractivity contribution in [1.29, 1.82) is 0 Å². The van der Waals surface area contributed by atoms with Gasteiger partial charge in [0.2, 0.25) is 10.0 Å². The summed E-state index contributed by atoms with van der Waals surface area (Å²) in [5.41, 5.74) is 0.604. The molecule has 0 spiro atoms. The largest absolute Gasteiger partial charge is 0.348 e. The molecule has 10 heteroatoms. The highest BCUT2D eigenvalue weighted by Crippen LogP contribution is 2.22. The Bertz CT molecular complexity index is 991. The minimum atomic E-state index is -3.57. The molecular formula is C18H20ClN3O5S. The fourth-order valence-corrected chi connectivity index (χ4v) is 3.93. The van der Waals surface area contributed by atoms with Crippen molar-refractivity contribution in [3.8, 4) is 0 Å². The molecule has 1 N–H and O–H groups in total. The summed E-state index contributed by atoms with van der Waals surface area (Å²) < 4.78 is 26.2. The monoisotopic (exact) mass is 425 g/mol. The zero-order valence-corrected chi connectivity index (χ0v) is 17.1. The highest BCUT2D eigenvalue weighted by Gasteiger charge is 2.22. The van der Waals surface area contributed by atoms with Gasteiger partial charge in [-0.3, -0.25) is 14.9 Å². The molecule has 0 aromatic heterocycles. The van der Waals surface area contributed by atoms with Gasteiger partial charge in [-0.05, 0) is 37.6 Å². The summed E-state index contributed by atoms with van der Waals surface area (Å²) in [5, 5.41) is 13.4. The van der Waals surface area contributed by atoms with Gasteiger partial charge >= 0.3 is 0 Å². The molecule has 2 rings (SSSR count). The van der Waals surface area contributed by atoms with Crippen molar-refractivity contribution in [3.05, 3.63) is 68.7 Å². The maximum atomic E-state index is 12.4. The third kappa shape index (κ3) is 4.86. The number of nitro benzene ring substituents is 1. The van der Waals surface area contributed by atoms with Gasteiger partial charge in [0.1, 0.15) is 0 Å². The molecule has 0 heterocycles. The average Bonchev–Trinajstić information content (AvgIpc) is 2.65. The summed E-state index contributed by atoms with van der Waals surface area (Å²) in [5.74, 6) is -0.490. The van der Waals surface area contributed by atoms with Crippen LogP contribution in [0.2, 0.25) is 5.02 Å². The van der Waals surface area contributed by atoms with Crippen molar-refractivity contribution < 1.29 is 18.1 Å². The van der Waals surface area contributed by atoms with Crippen molar-refractivity contribution in [3.63, 3.8) is 0 Å². The molecule has 0 bridgehead atoms. The summed E-state index contributed by atoms with van der Waals surface area (Å²) in [6, 6.07) is 9.61. The number of sulfonamides is 1. The lowest BCUT2D eigenvalue weighted by Crippen LogP contribution is -2.33. The lowest BCUT2D eigenvalue weighted by atomic mass is 10.1. The summed E-state index contributed by atoms with van der Waals surface area (Å²) in [4.78, 5) is 22.5. The van der Waals surface area contributed by atoms with Crippen molar-refractivity contribution in [2.24, 2.45) is 0 Å². The third-order valence-corrected chi connectivity index (χ3v) is 6.55. The summed E-state index contributed by atoms with van der Waals surface area (Å²) in [6.07, 6.45) is 0. The van der Waals surface area contributed by atoms with E-state index in [2.05, 4.69) is 5.32 Å². The van der Waals surface area contributed by atoms with Crippen molar-refractivity contribution >= 4 is 33.2 Å². The SMILES string of the molecule is CC(C)N(C)S(=O)(=O)c1ccc(CNC(=O)c2ccc([N+](=O)[O-])cc2Cl)cc1. The molecule has 0 aliphatic carbocycles. The van der Waals surface area contributed by atoms with E-state index in [0.29, 0.717) is 5.56 Å². The van der Waals surface area contributed by atoms with Crippen molar-refractivity contribution in [2.75, 3.05) is 7.05 Å². The molecular weight excluding hydrogens is 406 g/mol. The number of benzene rings is 2. The first-order valence-corrected chi connectivity index (χ1v) is 10.1. The predicted molar refractivity (Wildman–Crippen MR) is 106 cm³/mol. The number of hydrogen-bond acceptors (Lipinski definition) is 5. The lowest BCUT2D eigenvalue weighted by Gasteiger charge is -2.21. The van der Waals surface area contributed by atoms with Crippen LogP contribution in [0.4, 0.5) is 5.69 Å². The summed E-state index contributed by atoms with van der Waals surface area (Å²) in [6.45, 7) is 3.71. The molecule has 0 unspecified atom stereocenters. The highest BCUT2D eigenvalue weighted by molar-refractivity contribution is 7.89. The first-order valence-electron chi connectivity index (χ1n) is 8.33. The number of rotatable bonds is 7. The van der Waals surface area contributed by atoms with Gasteiger partial charge in [0, 0.05) is 31.8 Å². The minimum absolute atomic E-state index is 0.0233. The fourth-order valence-electron chi connectivity index (χ4n) is 2.30. The number of carbonyl (C=O) groups excluding carboxylic acids is 1. The lowest BCUT2D eigenvalue weighted by molar-refractivity contribution is -0.384. The van der Waals surface area contributed by atoms with Crippen LogP contribution in [0.25, 0.3) is 0 Å². The van der Waals surface area contributed by atoms with Crippen LogP contribution < -0.4 is 5.32 Å². The quantitative estimate of drug-likeness (QED) is 0.541. The number of amides is 1. The number of halogens is 1. The molecule has 0 radical (unpaired) electrons. The molecule has 1 amide bonds. The van der Waals surface area contributed by atoms with Gasteiger partial charge in [-0.2, -0.15) is 4.31 Å². The summed E-state index contributed by atoms with van der Waals surface area (Å²) in [7, 11) is -2.06. The molecule has 0 fully saturated rings. The number of nitro groups is 1. The molecule has 150 valence electrons. The van der Waals surface area contributed by atoms with E-state index in [1.807, 2.05) is 0 Å². The number of non-ortho nitro benzene ring substituents is 1. The maximum absolute atomic E-state index is 12.4. The number of carbonyl (C=O) groups is 1. The van der Waals surface area contributed by atoms with Crippen LogP contribution in [0.15, 0.2) is 47.4 Å². The standard InChI is InChI=1S/C18H20ClN3O5S/c1-12(2)21(3)28(26,27)15-7-4-13(5-8-15)11-20-18(23)16-9-6-14(22(24)25)10-17(16)19/h4-10,12H,11H2,1-3H3,(H,20,23). The van der Waals surface area contributed by atoms with E-state index >= 15 is 0 Å². The Kier molecular flexibility index (Phi) is 6.76. The second-order valence-electron chi connectivity index (χ2n) is 6.36. The van der Waals surface area contributed by atoms with E-state index in [-0.39, 0.29) is 33.8 Å². The van der Waals surface area contributed by atoms with Gasteiger partial charge in [-0.25, -0.2) is 8.42 Å². The van der Waals surface area contributed by atoms with Gasteiger partial charge in [0.15, 0.2) is 0 Å². The molecule has 28 heavy (non-hydrogen) atoms. The Morgan fingerprint density at radius 2 is 1.82 bits per heavy atom. The maximum Gasteiger partial charge on any atom is 0.270 e. The van der Waals surface area contributed by atoms with Gasteiger partial charge in [0.05, 0.1) is 20.4 Å². The fraction of sp³-hybridized carbons (Fsp3) is 0.278. The minimum Gasteiger partial charge on any atom is -0.348 e. The van der Waals surface area contributed by atoms with Crippen LogP contribution in [0.5, 0.6) is 0 Å². The van der Waals surface area contributed by atoms with Crippen LogP contribution in [0, 0.1) is 10.1 Å². The Balaban J connectivity index is 2.07. The van der Waals surface area contributed by atoms with Crippen LogP contribution in [-0.4, -0.2) is 36.6 Å². The van der Waals surface area contributed by atoms with E-state index < -0.39 is 20.9 Å². The smallest absolute Gasteiger partial charge is 0.270 e. The molecule has 0 aliphatic heterocycles. The first-order chi connectivity index (χ1) is 13.0. The normalized spacial score (nSPS) is 11.6. The Labute approximate surface area is 168 Å². The molecule has 0 saturated heterocycles. The molecule has 2 aromatic carbocycles. The number of hydrogen-bond donors (Lipinski definition) is 1. The Morgan fingerprint density at radius 3 is 2.32 bits per heavy atom. The van der Waals surface area contributed by atoms with E-state index in [0.717, 1.165) is 6.07 Å². The number of nitrogens with one attached hydrogen (secondary N) is 1. The zero-order valence-electron chi connectivity index (χ0n) is 15.5. The van der Waals surface area contributed by atoms with Crippen LogP contribution in [-0.2, 0) is 16.6 Å². The summed E-state index contributed by atoms with van der Waals surface area (Å²) >= 11 is 5.94. The van der Waals surface area contributed by atoms with Gasteiger partial charge < -0.3 is 5.32 Å². The van der Waals surface area contributed by atoms with Gasteiger partial charge in [-0.15, -0.1) is 0 Å². The van der Waals surface area contributed by atoms with E-state index in [1.54, 1.807) is 26.0 Å². The van der Waals surface area contributed by atoms with Crippen molar-refractivity contribution in [2.45, 2.75) is 31.3 Å². The average molecular weight is 426 g/mol. The molecule has 0 saturated carbocycles. The molecule has 0 aliphatic rings. The van der Waals surface area contributed by atoms with E-state index in [4.69, 9.17) is 11.6 Å². The van der Waals surface area contributed by atoms with Crippen LogP contribution in [0.3, 0.4) is 0 Å². The second kappa shape index (κ2) is 8.68. The molecule has 2 aromatic rings. The van der Waals surface area contributed by atoms with E-state index in [1.165, 1.54) is 35.6 Å². The van der Waals surface area contributed by atoms with Gasteiger partial charge in [0.25, 0.3) is 11.6 Å². The molecule has 0 atom stereocenters. The third-order valence-electron chi connectivity index (χ3n) is 4.19. The number of nitrogens with zero attached hydrogens (tertiary/aromatic N) is 2. The van der Waals surface area contributed by atoms with Gasteiger partial charge in [-0.1, -0.05) is 23.7 Å². The Morgan fingerprint density at radius 1 is 1.21 bits per heavy atom. The van der Waals surface area contributed by atoms with Crippen LogP contribution in [0.1, 0.15) is 29.8 Å². The van der Waals surface area contributed by atoms with Crippen molar-refractivity contribution in [1.82, 2.24) is 9.62 Å². The second-order valence-corrected chi connectivity index (χ2v) is 8.77. The Hall–Kier alpha value is -2.49. The first kappa shape index (κ1) is 21.8. The zero-order chi connectivity index (χ0) is 21.1. The molecule has 8 nitrogen and oxygen atoms in total. The van der Waals surface area contributed by atoms with E-state index in [9.17, 15) is 23.3 Å². The topological polar surface area (TPSA) is 110 Å². The predicted octanol–water partition coefficient (Wildman–Crippen LogP) is 3.21. The highest BCUT2D eigenvalue weighted by atomic mass is 35.5.